The number of halogens is 1. The van der Waals surface area contributed by atoms with Crippen LogP contribution >= 0.6 is 0 Å². The molecule has 8 heteroatoms. The van der Waals surface area contributed by atoms with E-state index in [2.05, 4.69) is 32.7 Å². The first-order chi connectivity index (χ1) is 14.0. The van der Waals surface area contributed by atoms with Crippen molar-refractivity contribution in [2.75, 3.05) is 12.4 Å². The predicted octanol–water partition coefficient (Wildman–Crippen LogP) is 2.86. The first-order valence-corrected chi connectivity index (χ1v) is 8.85. The average Bonchev–Trinajstić information content (AvgIpc) is 2.72. The second-order valence-corrected chi connectivity index (χ2v) is 6.19. The number of nitrogens with two attached hydrogens (primary N) is 1. The molecule has 0 fully saturated rings. The van der Waals surface area contributed by atoms with Crippen LogP contribution in [-0.4, -0.2) is 23.9 Å². The summed E-state index contributed by atoms with van der Waals surface area (Å²) in [6.45, 7) is 3.38. The summed E-state index contributed by atoms with van der Waals surface area (Å²) in [6, 6.07) is 14.9. The van der Waals surface area contributed by atoms with Crippen molar-refractivity contribution in [3.63, 3.8) is 0 Å². The maximum absolute atomic E-state index is 13.0. The van der Waals surface area contributed by atoms with Gasteiger partial charge in [0.2, 0.25) is 5.96 Å². The van der Waals surface area contributed by atoms with Crippen LogP contribution in [-0.2, 0) is 11.3 Å². The van der Waals surface area contributed by atoms with Gasteiger partial charge in [0.05, 0.1) is 12.2 Å². The van der Waals surface area contributed by atoms with E-state index in [-0.39, 0.29) is 5.96 Å². The lowest BCUT2D eigenvalue weighted by Crippen LogP contribution is -2.40. The van der Waals surface area contributed by atoms with E-state index >= 15 is 0 Å². The molecular weight excluding hydrogens is 371 g/mol. The Morgan fingerprint density at radius 2 is 2.03 bits per heavy atom. The number of carbonyl (C=O) groups excluding carboxylic acids is 1. The molecule has 3 rings (SSSR count). The highest BCUT2D eigenvalue weighted by atomic mass is 19.1. The van der Waals surface area contributed by atoms with Crippen molar-refractivity contribution in [3.05, 3.63) is 72.7 Å². The lowest BCUT2D eigenvalue weighted by Gasteiger charge is -2.12. The van der Waals surface area contributed by atoms with Crippen LogP contribution in [0.2, 0.25) is 0 Å². The Kier molecular flexibility index (Phi) is 6.16. The van der Waals surface area contributed by atoms with E-state index < -0.39 is 11.7 Å². The standard InChI is InChI=1S/C21H21FN6O/c1-13(22)20(29)27-16-7-8-18-14(11-16)9-10-25-19(18)17-6-4-3-5-15(17)12-26-21(23)28-24-2/h3-11,24H,1,12H2,2H3,(H,27,29)(H3,23,26,28). The third kappa shape index (κ3) is 4.74. The maximum Gasteiger partial charge on any atom is 0.283 e. The molecule has 148 valence electrons. The number of pyridine rings is 1. The molecule has 1 heterocycles. The number of hydrogen-bond acceptors (Lipinski definition) is 4. The van der Waals surface area contributed by atoms with Crippen molar-refractivity contribution in [2.24, 2.45) is 10.7 Å². The van der Waals surface area contributed by atoms with Gasteiger partial charge in [-0.15, -0.1) is 0 Å². The van der Waals surface area contributed by atoms with Gasteiger partial charge in [-0.3, -0.25) is 15.2 Å². The molecule has 0 unspecified atom stereocenters. The molecule has 0 saturated heterocycles. The minimum atomic E-state index is -1.04. The molecule has 1 amide bonds. The van der Waals surface area contributed by atoms with Gasteiger partial charge >= 0.3 is 0 Å². The fourth-order valence-electron chi connectivity index (χ4n) is 2.90. The van der Waals surface area contributed by atoms with Gasteiger partial charge in [-0.05, 0) is 29.1 Å². The number of anilines is 1. The van der Waals surface area contributed by atoms with E-state index in [1.165, 1.54) is 0 Å². The van der Waals surface area contributed by atoms with Crippen LogP contribution in [0.1, 0.15) is 5.56 Å². The van der Waals surface area contributed by atoms with Crippen molar-refractivity contribution >= 4 is 28.3 Å². The minimum Gasteiger partial charge on any atom is -0.369 e. The Morgan fingerprint density at radius 1 is 1.24 bits per heavy atom. The number of rotatable bonds is 6. The van der Waals surface area contributed by atoms with Crippen molar-refractivity contribution in [3.8, 4) is 11.3 Å². The van der Waals surface area contributed by atoms with Crippen molar-refractivity contribution in [1.29, 1.82) is 0 Å². The molecule has 29 heavy (non-hydrogen) atoms. The molecule has 3 aromatic rings. The van der Waals surface area contributed by atoms with Crippen molar-refractivity contribution in [2.45, 2.75) is 6.54 Å². The number of benzene rings is 2. The second-order valence-electron chi connectivity index (χ2n) is 6.19. The Hall–Kier alpha value is -3.78. The molecule has 0 bridgehead atoms. The molecule has 1 aromatic heterocycles. The zero-order valence-corrected chi connectivity index (χ0v) is 15.9. The van der Waals surface area contributed by atoms with E-state index in [9.17, 15) is 9.18 Å². The first-order valence-electron chi connectivity index (χ1n) is 8.85. The number of nitrogens with one attached hydrogen (secondary N) is 3. The third-order valence-electron chi connectivity index (χ3n) is 4.21. The molecule has 0 radical (unpaired) electrons. The van der Waals surface area contributed by atoms with E-state index in [1.54, 1.807) is 25.4 Å². The normalized spacial score (nSPS) is 11.3. The first kappa shape index (κ1) is 20.0. The zero-order chi connectivity index (χ0) is 20.8. The van der Waals surface area contributed by atoms with Gasteiger partial charge in [0.1, 0.15) is 0 Å². The number of guanidine groups is 1. The molecule has 0 aliphatic rings. The molecule has 0 aliphatic heterocycles. The van der Waals surface area contributed by atoms with Gasteiger partial charge in [0.25, 0.3) is 5.91 Å². The summed E-state index contributed by atoms with van der Waals surface area (Å²) in [5, 5.41) is 4.22. The lowest BCUT2D eigenvalue weighted by molar-refractivity contribution is -0.114. The summed E-state index contributed by atoms with van der Waals surface area (Å²) >= 11 is 0. The van der Waals surface area contributed by atoms with Crippen LogP contribution in [0.5, 0.6) is 0 Å². The van der Waals surface area contributed by atoms with Crippen molar-refractivity contribution < 1.29 is 9.18 Å². The lowest BCUT2D eigenvalue weighted by atomic mass is 9.99. The van der Waals surface area contributed by atoms with E-state index in [0.29, 0.717) is 12.2 Å². The van der Waals surface area contributed by atoms with Crippen LogP contribution < -0.4 is 21.9 Å². The number of aromatic nitrogens is 1. The van der Waals surface area contributed by atoms with Crippen LogP contribution in [0.3, 0.4) is 0 Å². The zero-order valence-electron chi connectivity index (χ0n) is 15.9. The average molecular weight is 392 g/mol. The summed E-state index contributed by atoms with van der Waals surface area (Å²) in [7, 11) is 1.70. The van der Waals surface area contributed by atoms with Crippen LogP contribution in [0.25, 0.3) is 22.0 Å². The monoisotopic (exact) mass is 392 g/mol. The van der Waals surface area contributed by atoms with Gasteiger partial charge < -0.3 is 11.1 Å². The SMILES string of the molecule is C=C(F)C(=O)Nc1ccc2c(-c3ccccc3CN=C(N)NNC)nccc2c1. The smallest absolute Gasteiger partial charge is 0.283 e. The van der Waals surface area contributed by atoms with E-state index in [1.807, 2.05) is 36.4 Å². The number of hydrazine groups is 1. The summed E-state index contributed by atoms with van der Waals surface area (Å²) in [5.41, 5.74) is 14.4. The highest BCUT2D eigenvalue weighted by Gasteiger charge is 2.12. The van der Waals surface area contributed by atoms with Gasteiger partial charge in [0.15, 0.2) is 5.83 Å². The number of carbonyl (C=O) groups is 1. The number of aliphatic imine (C=N–C) groups is 1. The molecule has 0 saturated carbocycles. The molecule has 2 aromatic carbocycles. The number of hydrogen-bond donors (Lipinski definition) is 4. The summed E-state index contributed by atoms with van der Waals surface area (Å²) in [6.07, 6.45) is 1.69. The molecular formula is C21H21FN6O. The van der Waals surface area contributed by atoms with Crippen molar-refractivity contribution in [1.82, 2.24) is 15.8 Å². The maximum atomic E-state index is 13.0. The van der Waals surface area contributed by atoms with E-state index in [4.69, 9.17) is 5.73 Å². The second kappa shape index (κ2) is 8.94. The highest BCUT2D eigenvalue weighted by molar-refractivity contribution is 6.04. The number of amides is 1. The Morgan fingerprint density at radius 3 is 2.79 bits per heavy atom. The number of nitrogens with zero attached hydrogens (tertiary/aromatic N) is 2. The van der Waals surface area contributed by atoms with Crippen LogP contribution in [0.15, 0.2) is 72.1 Å². The van der Waals surface area contributed by atoms with Gasteiger partial charge in [-0.2, -0.15) is 0 Å². The Balaban J connectivity index is 1.99. The van der Waals surface area contributed by atoms with Gasteiger partial charge in [-0.1, -0.05) is 36.9 Å². The fraction of sp³-hybridized carbons (Fsp3) is 0.0952. The largest absolute Gasteiger partial charge is 0.369 e. The quantitative estimate of drug-likeness (QED) is 0.223. The fourth-order valence-corrected chi connectivity index (χ4v) is 2.90. The molecule has 0 aliphatic carbocycles. The summed E-state index contributed by atoms with van der Waals surface area (Å²) in [4.78, 5) is 20.4. The summed E-state index contributed by atoms with van der Waals surface area (Å²) in [5.74, 6) is -1.63. The Labute approximate surface area is 167 Å². The minimum absolute atomic E-state index is 0.281. The summed E-state index contributed by atoms with van der Waals surface area (Å²) < 4.78 is 13.0. The molecule has 0 spiro atoms. The highest BCUT2D eigenvalue weighted by Crippen LogP contribution is 2.31. The molecule has 5 N–H and O–H groups in total. The van der Waals surface area contributed by atoms with Crippen LogP contribution in [0, 0.1) is 0 Å². The van der Waals surface area contributed by atoms with E-state index in [0.717, 1.165) is 27.6 Å². The Bertz CT molecular complexity index is 1100. The number of fused-ring (bicyclic) bond motifs is 1. The van der Waals surface area contributed by atoms with Crippen LogP contribution in [0.4, 0.5) is 10.1 Å². The molecule has 0 atom stereocenters. The topological polar surface area (TPSA) is 104 Å². The van der Waals surface area contributed by atoms with Gasteiger partial charge in [-0.25, -0.2) is 14.8 Å². The third-order valence-corrected chi connectivity index (χ3v) is 4.21. The predicted molar refractivity (Wildman–Crippen MR) is 114 cm³/mol. The van der Waals surface area contributed by atoms with Gasteiger partial charge in [0, 0.05) is 29.9 Å². The molecule has 7 nitrogen and oxygen atoms in total.